The molecule has 4 nitrogen and oxygen atoms in total. The van der Waals surface area contributed by atoms with E-state index in [4.69, 9.17) is 0 Å². The quantitative estimate of drug-likeness (QED) is 0.845. The van der Waals surface area contributed by atoms with E-state index in [0.717, 1.165) is 38.8 Å². The van der Waals surface area contributed by atoms with Crippen LogP contribution in [0.1, 0.15) is 45.4 Å². The molecule has 2 rings (SSSR count). The van der Waals surface area contributed by atoms with E-state index < -0.39 is 10.0 Å². The van der Waals surface area contributed by atoms with Crippen LogP contribution in [0.15, 0.2) is 0 Å². The van der Waals surface area contributed by atoms with E-state index in [1.807, 2.05) is 0 Å². The van der Waals surface area contributed by atoms with E-state index in [9.17, 15) is 8.42 Å². The molecule has 1 N–H and O–H groups in total. The molecule has 1 saturated heterocycles. The maximum Gasteiger partial charge on any atom is 0.214 e. The second-order valence-electron chi connectivity index (χ2n) is 5.69. The van der Waals surface area contributed by atoms with Crippen LogP contribution in [0.4, 0.5) is 0 Å². The number of hydrogen-bond donors (Lipinski definition) is 1. The summed E-state index contributed by atoms with van der Waals surface area (Å²) in [6, 6.07) is 0.176. The van der Waals surface area contributed by atoms with Crippen molar-refractivity contribution >= 4 is 22.4 Å². The van der Waals surface area contributed by atoms with E-state index in [-0.39, 0.29) is 18.4 Å². The minimum Gasteiger partial charge on any atom is -0.314 e. The Labute approximate surface area is 123 Å². The lowest BCUT2D eigenvalue weighted by Gasteiger charge is -2.35. The lowest BCUT2D eigenvalue weighted by atomic mass is 10.1. The Bertz CT molecular complexity index is 354. The maximum absolute atomic E-state index is 12.5. The summed E-state index contributed by atoms with van der Waals surface area (Å²) in [5.74, 6) is 0.792. The highest BCUT2D eigenvalue weighted by molar-refractivity contribution is 7.89. The molecule has 6 heteroatoms. The topological polar surface area (TPSA) is 49.4 Å². The average molecular weight is 311 g/mol. The van der Waals surface area contributed by atoms with Crippen LogP contribution in [-0.4, -0.2) is 44.2 Å². The Morgan fingerprint density at radius 3 is 2.58 bits per heavy atom. The van der Waals surface area contributed by atoms with E-state index >= 15 is 0 Å². The van der Waals surface area contributed by atoms with Crippen molar-refractivity contribution in [2.75, 3.05) is 25.4 Å². The van der Waals surface area contributed by atoms with Gasteiger partial charge in [-0.2, -0.15) is 4.31 Å². The molecule has 1 atom stereocenters. The summed E-state index contributed by atoms with van der Waals surface area (Å²) >= 11 is 0. The Hall–Kier alpha value is 0.160. The second-order valence-corrected chi connectivity index (χ2v) is 7.65. The number of nitrogens with zero attached hydrogens (tertiary/aromatic N) is 1. The summed E-state index contributed by atoms with van der Waals surface area (Å²) in [7, 11) is -3.04. The van der Waals surface area contributed by atoms with Gasteiger partial charge in [-0.05, 0) is 25.2 Å². The fraction of sp³-hybridized carbons (Fsp3) is 1.00. The van der Waals surface area contributed by atoms with Crippen LogP contribution in [0.5, 0.6) is 0 Å². The molecule has 0 spiro atoms. The van der Waals surface area contributed by atoms with Crippen molar-refractivity contribution in [3.8, 4) is 0 Å². The monoisotopic (exact) mass is 310 g/mol. The number of piperazine rings is 1. The fourth-order valence-corrected chi connectivity index (χ4v) is 5.38. The Kier molecular flexibility index (Phi) is 7.08. The smallest absolute Gasteiger partial charge is 0.214 e. The molecule has 0 aromatic rings. The summed E-state index contributed by atoms with van der Waals surface area (Å²) in [6.45, 7) is 4.39. The van der Waals surface area contributed by atoms with Crippen molar-refractivity contribution in [3.05, 3.63) is 0 Å². The fourth-order valence-electron chi connectivity index (χ4n) is 3.26. The Balaban J connectivity index is 0.00000180. The molecular weight excluding hydrogens is 284 g/mol. The van der Waals surface area contributed by atoms with Gasteiger partial charge in [0.2, 0.25) is 10.0 Å². The Morgan fingerprint density at radius 1 is 1.26 bits per heavy atom. The highest BCUT2D eigenvalue weighted by Crippen LogP contribution is 2.28. The molecule has 114 valence electrons. The molecule has 2 aliphatic rings. The number of hydrogen-bond acceptors (Lipinski definition) is 3. The van der Waals surface area contributed by atoms with Gasteiger partial charge in [0.05, 0.1) is 5.75 Å². The van der Waals surface area contributed by atoms with Gasteiger partial charge in [-0.3, -0.25) is 0 Å². The first-order valence-corrected chi connectivity index (χ1v) is 8.94. The number of halogens is 1. The van der Waals surface area contributed by atoms with Crippen LogP contribution in [0, 0.1) is 5.92 Å². The highest BCUT2D eigenvalue weighted by Gasteiger charge is 2.33. The molecule has 1 aliphatic heterocycles. The molecule has 19 heavy (non-hydrogen) atoms. The number of nitrogens with one attached hydrogen (secondary N) is 1. The van der Waals surface area contributed by atoms with E-state index in [0.29, 0.717) is 18.2 Å². The van der Waals surface area contributed by atoms with Gasteiger partial charge in [-0.15, -0.1) is 12.4 Å². The zero-order valence-electron chi connectivity index (χ0n) is 11.8. The number of sulfonamides is 1. The molecule has 1 heterocycles. The highest BCUT2D eigenvalue weighted by atomic mass is 35.5. The van der Waals surface area contributed by atoms with Gasteiger partial charge in [0, 0.05) is 25.7 Å². The average Bonchev–Trinajstić information content (AvgIpc) is 2.82. The molecule has 0 bridgehead atoms. The molecule has 0 aromatic carbocycles. The first-order chi connectivity index (χ1) is 8.63. The Morgan fingerprint density at radius 2 is 1.95 bits per heavy atom. The summed E-state index contributed by atoms with van der Waals surface area (Å²) in [5, 5.41) is 3.31. The summed E-state index contributed by atoms with van der Waals surface area (Å²) in [5.41, 5.74) is 0. The standard InChI is InChI=1S/C13H26N2O2S.ClH/c1-2-5-13-10-14-8-9-15(13)18(16,17)11-12-6-3-4-7-12;/h12-14H,2-11H2,1H3;1H. The zero-order valence-corrected chi connectivity index (χ0v) is 13.4. The molecule has 1 saturated carbocycles. The largest absolute Gasteiger partial charge is 0.314 e. The maximum atomic E-state index is 12.5. The predicted octanol–water partition coefficient (Wildman–Crippen LogP) is 2.00. The first-order valence-electron chi connectivity index (χ1n) is 7.33. The van der Waals surface area contributed by atoms with Crippen LogP contribution in [0.25, 0.3) is 0 Å². The molecule has 1 aliphatic carbocycles. The van der Waals surface area contributed by atoms with Crippen LogP contribution in [0.3, 0.4) is 0 Å². The molecule has 0 amide bonds. The molecule has 1 unspecified atom stereocenters. The van der Waals surface area contributed by atoms with Gasteiger partial charge in [-0.25, -0.2) is 8.42 Å². The van der Waals surface area contributed by atoms with Crippen LogP contribution in [-0.2, 0) is 10.0 Å². The lowest BCUT2D eigenvalue weighted by molar-refractivity contribution is 0.253. The molecule has 0 aromatic heterocycles. The first kappa shape index (κ1) is 17.2. The van der Waals surface area contributed by atoms with Crippen molar-refractivity contribution in [2.24, 2.45) is 5.92 Å². The summed E-state index contributed by atoms with van der Waals surface area (Å²) in [4.78, 5) is 0. The van der Waals surface area contributed by atoms with Crippen molar-refractivity contribution in [2.45, 2.75) is 51.5 Å². The van der Waals surface area contributed by atoms with Crippen LogP contribution < -0.4 is 5.32 Å². The molecule has 2 fully saturated rings. The van der Waals surface area contributed by atoms with E-state index in [1.54, 1.807) is 4.31 Å². The van der Waals surface area contributed by atoms with Crippen LogP contribution in [0.2, 0.25) is 0 Å². The van der Waals surface area contributed by atoms with E-state index in [1.165, 1.54) is 12.8 Å². The van der Waals surface area contributed by atoms with Crippen molar-refractivity contribution in [1.82, 2.24) is 9.62 Å². The van der Waals surface area contributed by atoms with Gasteiger partial charge in [-0.1, -0.05) is 26.2 Å². The van der Waals surface area contributed by atoms with Crippen molar-refractivity contribution in [3.63, 3.8) is 0 Å². The van der Waals surface area contributed by atoms with Crippen LogP contribution >= 0.6 is 12.4 Å². The lowest BCUT2D eigenvalue weighted by Crippen LogP contribution is -2.54. The number of rotatable bonds is 5. The normalized spacial score (nSPS) is 26.3. The SMILES string of the molecule is CCCC1CNCCN1S(=O)(=O)CC1CCCC1.Cl. The van der Waals surface area contributed by atoms with Crippen molar-refractivity contribution in [1.29, 1.82) is 0 Å². The van der Waals surface area contributed by atoms with Gasteiger partial charge < -0.3 is 5.32 Å². The predicted molar refractivity (Wildman–Crippen MR) is 81.3 cm³/mol. The third kappa shape index (κ3) is 4.59. The third-order valence-corrected chi connectivity index (χ3v) is 6.28. The van der Waals surface area contributed by atoms with E-state index in [2.05, 4.69) is 12.2 Å². The summed E-state index contributed by atoms with van der Waals surface area (Å²) in [6.07, 6.45) is 6.63. The van der Waals surface area contributed by atoms with Crippen molar-refractivity contribution < 1.29 is 8.42 Å². The minimum absolute atomic E-state index is 0. The minimum atomic E-state index is -3.04. The second kappa shape index (κ2) is 7.81. The molecular formula is C13H27ClN2O2S. The molecule has 0 radical (unpaired) electrons. The van der Waals surface area contributed by atoms with Gasteiger partial charge in [0.1, 0.15) is 0 Å². The van der Waals surface area contributed by atoms with Gasteiger partial charge in [0.15, 0.2) is 0 Å². The third-order valence-electron chi connectivity index (χ3n) is 4.20. The summed E-state index contributed by atoms with van der Waals surface area (Å²) < 4.78 is 26.8. The van der Waals surface area contributed by atoms with Gasteiger partial charge in [0.25, 0.3) is 0 Å². The zero-order chi connectivity index (χ0) is 13.0. The van der Waals surface area contributed by atoms with Gasteiger partial charge >= 0.3 is 0 Å².